The van der Waals surface area contributed by atoms with E-state index in [9.17, 15) is 9.59 Å². The molecule has 3 atom stereocenters. The number of hydrogen-bond donors (Lipinski definition) is 3. The van der Waals surface area contributed by atoms with Crippen molar-refractivity contribution in [2.75, 3.05) is 13.1 Å². The standard InChI is InChI=1S/C20H31N3O2.ClH/c1-13(2)11-17(20(25)23-18-12-21-10-9-15(18)4)22-19(24)16-8-6-5-7-14(16)3;/h5-8,13,15,17-18,21H,9-12H2,1-4H3,(H,22,24)(H,23,25);1H. The van der Waals surface area contributed by atoms with Gasteiger partial charge in [-0.1, -0.05) is 39.0 Å². The lowest BCUT2D eigenvalue weighted by Gasteiger charge is -2.32. The van der Waals surface area contributed by atoms with E-state index in [0.717, 1.165) is 25.1 Å². The van der Waals surface area contributed by atoms with Crippen molar-refractivity contribution in [1.29, 1.82) is 0 Å². The van der Waals surface area contributed by atoms with E-state index in [4.69, 9.17) is 0 Å². The summed E-state index contributed by atoms with van der Waals surface area (Å²) >= 11 is 0. The Morgan fingerprint density at radius 1 is 1.27 bits per heavy atom. The van der Waals surface area contributed by atoms with Gasteiger partial charge in [0.25, 0.3) is 5.91 Å². The van der Waals surface area contributed by atoms with Crippen molar-refractivity contribution in [3.63, 3.8) is 0 Å². The average molecular weight is 382 g/mol. The molecule has 5 nitrogen and oxygen atoms in total. The number of hydrogen-bond acceptors (Lipinski definition) is 3. The summed E-state index contributed by atoms with van der Waals surface area (Å²) in [4.78, 5) is 25.4. The molecule has 0 spiro atoms. The van der Waals surface area contributed by atoms with Gasteiger partial charge in [-0.2, -0.15) is 0 Å². The third-order valence-corrected chi connectivity index (χ3v) is 4.87. The molecule has 26 heavy (non-hydrogen) atoms. The maximum atomic E-state index is 12.8. The summed E-state index contributed by atoms with van der Waals surface area (Å²) in [6.45, 7) is 9.97. The zero-order valence-electron chi connectivity index (χ0n) is 16.2. The molecule has 1 aliphatic heterocycles. The van der Waals surface area contributed by atoms with Crippen LogP contribution in [0, 0.1) is 18.8 Å². The van der Waals surface area contributed by atoms with Crippen LogP contribution in [0.5, 0.6) is 0 Å². The first-order chi connectivity index (χ1) is 11.9. The highest BCUT2D eigenvalue weighted by molar-refractivity contribution is 5.98. The Morgan fingerprint density at radius 3 is 2.58 bits per heavy atom. The number of nitrogens with one attached hydrogen (secondary N) is 3. The highest BCUT2D eigenvalue weighted by Gasteiger charge is 2.28. The highest BCUT2D eigenvalue weighted by atomic mass is 35.5. The molecule has 3 unspecified atom stereocenters. The van der Waals surface area contributed by atoms with Crippen LogP contribution in [0.3, 0.4) is 0 Å². The molecule has 0 saturated carbocycles. The van der Waals surface area contributed by atoms with Crippen LogP contribution in [-0.4, -0.2) is 37.0 Å². The highest BCUT2D eigenvalue weighted by Crippen LogP contribution is 2.13. The Labute approximate surface area is 163 Å². The normalized spacial score (nSPS) is 20.8. The summed E-state index contributed by atoms with van der Waals surface area (Å²) in [6.07, 6.45) is 1.67. The van der Waals surface area contributed by atoms with Crippen LogP contribution in [0.15, 0.2) is 24.3 Å². The molecule has 0 radical (unpaired) electrons. The van der Waals surface area contributed by atoms with E-state index in [1.54, 1.807) is 6.07 Å². The first kappa shape index (κ1) is 22.5. The Bertz CT molecular complexity index is 606. The maximum Gasteiger partial charge on any atom is 0.252 e. The Balaban J connectivity index is 0.00000338. The first-order valence-corrected chi connectivity index (χ1v) is 9.26. The smallest absolute Gasteiger partial charge is 0.252 e. The van der Waals surface area contributed by atoms with E-state index in [1.165, 1.54) is 0 Å². The minimum atomic E-state index is -0.513. The monoisotopic (exact) mass is 381 g/mol. The van der Waals surface area contributed by atoms with Crippen molar-refractivity contribution in [3.05, 3.63) is 35.4 Å². The number of benzene rings is 1. The number of rotatable bonds is 6. The van der Waals surface area contributed by atoms with E-state index in [2.05, 4.69) is 36.7 Å². The minimum absolute atomic E-state index is 0. The first-order valence-electron chi connectivity index (χ1n) is 9.26. The van der Waals surface area contributed by atoms with Gasteiger partial charge in [-0.25, -0.2) is 0 Å². The zero-order valence-corrected chi connectivity index (χ0v) is 17.0. The van der Waals surface area contributed by atoms with Gasteiger partial charge in [0.2, 0.25) is 5.91 Å². The number of aryl methyl sites for hydroxylation is 1. The van der Waals surface area contributed by atoms with E-state index in [1.807, 2.05) is 25.1 Å². The van der Waals surface area contributed by atoms with Gasteiger partial charge in [0.1, 0.15) is 6.04 Å². The van der Waals surface area contributed by atoms with E-state index in [0.29, 0.717) is 23.8 Å². The molecule has 146 valence electrons. The SMILES string of the molecule is Cc1ccccc1C(=O)NC(CC(C)C)C(=O)NC1CNCCC1C.Cl. The second kappa shape index (κ2) is 10.5. The van der Waals surface area contributed by atoms with Gasteiger partial charge in [0.15, 0.2) is 0 Å². The van der Waals surface area contributed by atoms with E-state index in [-0.39, 0.29) is 30.3 Å². The fourth-order valence-electron chi connectivity index (χ4n) is 3.23. The Kier molecular flexibility index (Phi) is 9.09. The Hall–Kier alpha value is -1.59. The summed E-state index contributed by atoms with van der Waals surface area (Å²) in [5.41, 5.74) is 1.53. The zero-order chi connectivity index (χ0) is 18.4. The van der Waals surface area contributed by atoms with E-state index < -0.39 is 6.04 Å². The van der Waals surface area contributed by atoms with E-state index >= 15 is 0 Å². The van der Waals surface area contributed by atoms with Gasteiger partial charge >= 0.3 is 0 Å². The second-order valence-corrected chi connectivity index (χ2v) is 7.56. The predicted molar refractivity (Wildman–Crippen MR) is 108 cm³/mol. The number of carbonyl (C=O) groups excluding carboxylic acids is 2. The van der Waals surface area contributed by atoms with Crippen LogP contribution in [0.2, 0.25) is 0 Å². The molecule has 1 aromatic carbocycles. The Morgan fingerprint density at radius 2 is 1.96 bits per heavy atom. The molecule has 1 heterocycles. The molecule has 1 aliphatic rings. The largest absolute Gasteiger partial charge is 0.350 e. The summed E-state index contributed by atoms with van der Waals surface area (Å²) in [5.74, 6) is 0.483. The second-order valence-electron chi connectivity index (χ2n) is 7.56. The van der Waals surface area contributed by atoms with Crippen molar-refractivity contribution in [3.8, 4) is 0 Å². The average Bonchev–Trinajstić information content (AvgIpc) is 2.56. The lowest BCUT2D eigenvalue weighted by atomic mass is 9.94. The van der Waals surface area contributed by atoms with Crippen LogP contribution in [0.1, 0.15) is 49.5 Å². The van der Waals surface area contributed by atoms with Crippen LogP contribution in [0.4, 0.5) is 0 Å². The maximum absolute atomic E-state index is 12.8. The molecule has 1 saturated heterocycles. The number of amides is 2. The van der Waals surface area contributed by atoms with Crippen LogP contribution >= 0.6 is 12.4 Å². The molecule has 0 bridgehead atoms. The summed E-state index contributed by atoms with van der Waals surface area (Å²) in [7, 11) is 0. The molecule has 1 fully saturated rings. The summed E-state index contributed by atoms with van der Waals surface area (Å²) in [5, 5.41) is 9.39. The molecule has 2 amide bonds. The van der Waals surface area contributed by atoms with Crippen LogP contribution in [0.25, 0.3) is 0 Å². The van der Waals surface area contributed by atoms with Gasteiger partial charge in [0, 0.05) is 18.2 Å². The third kappa shape index (κ3) is 6.29. The topological polar surface area (TPSA) is 70.2 Å². The van der Waals surface area contributed by atoms with Crippen molar-refractivity contribution >= 4 is 24.2 Å². The minimum Gasteiger partial charge on any atom is -0.350 e. The van der Waals surface area contributed by atoms with Gasteiger partial charge < -0.3 is 16.0 Å². The fraction of sp³-hybridized carbons (Fsp3) is 0.600. The van der Waals surface area contributed by atoms with Crippen LogP contribution in [-0.2, 0) is 4.79 Å². The lowest BCUT2D eigenvalue weighted by Crippen LogP contribution is -2.55. The lowest BCUT2D eigenvalue weighted by molar-refractivity contribution is -0.124. The van der Waals surface area contributed by atoms with Crippen molar-refractivity contribution in [2.24, 2.45) is 11.8 Å². The molecule has 3 N–H and O–H groups in total. The molecule has 0 aromatic heterocycles. The predicted octanol–water partition coefficient (Wildman–Crippen LogP) is 2.68. The molecule has 0 aliphatic carbocycles. The van der Waals surface area contributed by atoms with Crippen molar-refractivity contribution in [1.82, 2.24) is 16.0 Å². The molecule has 2 rings (SSSR count). The number of carbonyl (C=O) groups is 2. The van der Waals surface area contributed by atoms with Gasteiger partial charge in [-0.3, -0.25) is 9.59 Å². The summed E-state index contributed by atoms with van der Waals surface area (Å²) in [6, 6.07) is 7.05. The van der Waals surface area contributed by atoms with Crippen molar-refractivity contribution < 1.29 is 9.59 Å². The molecular formula is C20H32ClN3O2. The quantitative estimate of drug-likeness (QED) is 0.709. The van der Waals surface area contributed by atoms with Gasteiger partial charge in [-0.15, -0.1) is 12.4 Å². The fourth-order valence-corrected chi connectivity index (χ4v) is 3.23. The van der Waals surface area contributed by atoms with Gasteiger partial charge in [-0.05, 0) is 49.8 Å². The van der Waals surface area contributed by atoms with Crippen LogP contribution < -0.4 is 16.0 Å². The molecule has 1 aromatic rings. The van der Waals surface area contributed by atoms with Crippen molar-refractivity contribution in [2.45, 2.75) is 52.6 Å². The van der Waals surface area contributed by atoms with Gasteiger partial charge in [0.05, 0.1) is 0 Å². The molecular weight excluding hydrogens is 350 g/mol. The number of piperidine rings is 1. The molecule has 6 heteroatoms. The summed E-state index contributed by atoms with van der Waals surface area (Å²) < 4.78 is 0. The third-order valence-electron chi connectivity index (χ3n) is 4.87. The number of halogens is 1.